The van der Waals surface area contributed by atoms with Crippen LogP contribution in [0, 0.1) is 6.92 Å². The summed E-state index contributed by atoms with van der Waals surface area (Å²) in [5.41, 5.74) is 7.49. The van der Waals surface area contributed by atoms with E-state index in [1.165, 1.54) is 17.1 Å². The second-order valence-corrected chi connectivity index (χ2v) is 5.99. The molecule has 0 aliphatic rings. The Morgan fingerprint density at radius 2 is 1.89 bits per heavy atom. The first kappa shape index (κ1) is 18.3. The minimum absolute atomic E-state index is 0.376. The van der Waals surface area contributed by atoms with Gasteiger partial charge in [0.15, 0.2) is 0 Å². The van der Waals surface area contributed by atoms with Gasteiger partial charge in [0.05, 0.1) is 5.69 Å². The van der Waals surface area contributed by atoms with Crippen LogP contribution in [0.5, 0.6) is 0 Å². The second kappa shape index (κ2) is 8.24. The summed E-state index contributed by atoms with van der Waals surface area (Å²) in [6, 6.07) is 12.0. The molecular formula is C18H15ClN6O2. The van der Waals surface area contributed by atoms with Gasteiger partial charge in [0.2, 0.25) is 0 Å². The number of amides is 2. The molecule has 0 spiro atoms. The summed E-state index contributed by atoms with van der Waals surface area (Å²) in [6.07, 6.45) is 4.36. The molecule has 0 radical (unpaired) electrons. The SMILES string of the molecule is Cc1ccc(/C=C/C(=O)NNC(=O)c2ccc(-n3cnnn3)cc2)cc1Cl. The van der Waals surface area contributed by atoms with Gasteiger partial charge < -0.3 is 0 Å². The monoisotopic (exact) mass is 382 g/mol. The van der Waals surface area contributed by atoms with Crippen LogP contribution in [0.25, 0.3) is 11.8 Å². The molecule has 0 unspecified atom stereocenters. The van der Waals surface area contributed by atoms with Crippen LogP contribution >= 0.6 is 11.6 Å². The lowest BCUT2D eigenvalue weighted by Gasteiger charge is -2.06. The van der Waals surface area contributed by atoms with Gasteiger partial charge in [0, 0.05) is 16.7 Å². The molecule has 3 aromatic rings. The molecule has 3 rings (SSSR count). The average Bonchev–Trinajstić information content (AvgIpc) is 3.22. The van der Waals surface area contributed by atoms with Crippen molar-refractivity contribution in [3.05, 3.63) is 76.6 Å². The number of hydrogen-bond acceptors (Lipinski definition) is 5. The summed E-state index contributed by atoms with van der Waals surface area (Å²) >= 11 is 6.04. The standard InChI is InChI=1S/C18H15ClN6O2/c1-12-2-3-13(10-16(12)19)4-9-17(26)21-22-18(27)14-5-7-15(8-6-14)25-11-20-23-24-25/h2-11H,1H3,(H,21,26)(H,22,27)/b9-4+. The molecule has 0 aliphatic carbocycles. The van der Waals surface area contributed by atoms with Crippen LogP contribution < -0.4 is 10.9 Å². The maximum absolute atomic E-state index is 12.1. The number of halogens is 1. The van der Waals surface area contributed by atoms with E-state index in [9.17, 15) is 9.59 Å². The number of aromatic nitrogens is 4. The normalized spacial score (nSPS) is 10.7. The molecule has 0 atom stereocenters. The van der Waals surface area contributed by atoms with E-state index in [1.54, 1.807) is 36.4 Å². The van der Waals surface area contributed by atoms with Crippen LogP contribution in [0.4, 0.5) is 0 Å². The second-order valence-electron chi connectivity index (χ2n) is 5.59. The van der Waals surface area contributed by atoms with Crippen LogP contribution in [0.15, 0.2) is 54.9 Å². The van der Waals surface area contributed by atoms with Crippen LogP contribution in [0.3, 0.4) is 0 Å². The molecular weight excluding hydrogens is 368 g/mol. The molecule has 0 saturated carbocycles. The van der Waals surface area contributed by atoms with Gasteiger partial charge in [0.1, 0.15) is 6.33 Å². The highest BCUT2D eigenvalue weighted by Gasteiger charge is 2.07. The molecule has 2 N–H and O–H groups in total. The Morgan fingerprint density at radius 3 is 2.56 bits per heavy atom. The van der Waals surface area contributed by atoms with E-state index in [0.29, 0.717) is 16.3 Å². The summed E-state index contributed by atoms with van der Waals surface area (Å²) in [4.78, 5) is 23.9. The van der Waals surface area contributed by atoms with E-state index < -0.39 is 11.8 Å². The van der Waals surface area contributed by atoms with Gasteiger partial charge in [0.25, 0.3) is 11.8 Å². The number of carbonyl (C=O) groups excluding carboxylic acids is 2. The average molecular weight is 383 g/mol. The highest BCUT2D eigenvalue weighted by molar-refractivity contribution is 6.31. The zero-order chi connectivity index (χ0) is 19.2. The Balaban J connectivity index is 1.54. The Labute approximate surface area is 159 Å². The van der Waals surface area contributed by atoms with Gasteiger partial charge in [-0.25, -0.2) is 4.68 Å². The first-order valence-corrected chi connectivity index (χ1v) is 8.29. The smallest absolute Gasteiger partial charge is 0.268 e. The zero-order valence-corrected chi connectivity index (χ0v) is 15.0. The Hall–Kier alpha value is -3.52. The lowest BCUT2D eigenvalue weighted by molar-refractivity contribution is -0.117. The van der Waals surface area contributed by atoms with Crippen LogP contribution in [-0.4, -0.2) is 32.0 Å². The van der Waals surface area contributed by atoms with Gasteiger partial charge in [-0.15, -0.1) is 5.10 Å². The van der Waals surface area contributed by atoms with Crippen LogP contribution in [0.1, 0.15) is 21.5 Å². The third-order valence-electron chi connectivity index (χ3n) is 3.67. The summed E-state index contributed by atoms with van der Waals surface area (Å²) in [7, 11) is 0. The molecule has 0 bridgehead atoms. The van der Waals surface area contributed by atoms with E-state index in [4.69, 9.17) is 11.6 Å². The fourth-order valence-corrected chi connectivity index (χ4v) is 2.35. The lowest BCUT2D eigenvalue weighted by atomic mass is 10.1. The van der Waals surface area contributed by atoms with E-state index >= 15 is 0 Å². The summed E-state index contributed by atoms with van der Waals surface area (Å²) in [5, 5.41) is 11.5. The molecule has 1 heterocycles. The zero-order valence-electron chi connectivity index (χ0n) is 14.3. The van der Waals surface area contributed by atoms with E-state index in [1.807, 2.05) is 19.1 Å². The minimum Gasteiger partial charge on any atom is -0.268 e. The van der Waals surface area contributed by atoms with E-state index in [0.717, 1.165) is 11.1 Å². The van der Waals surface area contributed by atoms with Crippen molar-refractivity contribution in [2.45, 2.75) is 6.92 Å². The first-order chi connectivity index (χ1) is 13.0. The molecule has 8 nitrogen and oxygen atoms in total. The Morgan fingerprint density at radius 1 is 1.11 bits per heavy atom. The van der Waals surface area contributed by atoms with E-state index in [2.05, 4.69) is 26.4 Å². The van der Waals surface area contributed by atoms with Crippen molar-refractivity contribution in [1.82, 2.24) is 31.1 Å². The van der Waals surface area contributed by atoms with Gasteiger partial charge in [-0.3, -0.25) is 20.4 Å². The fourth-order valence-electron chi connectivity index (χ4n) is 2.16. The molecule has 0 saturated heterocycles. The van der Waals surface area contributed by atoms with Gasteiger partial charge in [-0.05, 0) is 64.9 Å². The van der Waals surface area contributed by atoms with Crippen molar-refractivity contribution in [3.8, 4) is 5.69 Å². The van der Waals surface area contributed by atoms with Crippen molar-refractivity contribution < 1.29 is 9.59 Å². The summed E-state index contributed by atoms with van der Waals surface area (Å²) < 4.78 is 1.46. The van der Waals surface area contributed by atoms with Gasteiger partial charge >= 0.3 is 0 Å². The molecule has 2 amide bonds. The molecule has 9 heteroatoms. The van der Waals surface area contributed by atoms with Gasteiger partial charge in [-0.2, -0.15) is 0 Å². The molecule has 136 valence electrons. The molecule has 2 aromatic carbocycles. The number of nitrogens with one attached hydrogen (secondary N) is 2. The predicted molar refractivity (Wildman–Crippen MR) is 100.0 cm³/mol. The van der Waals surface area contributed by atoms with Crippen molar-refractivity contribution in [2.24, 2.45) is 0 Å². The maximum Gasteiger partial charge on any atom is 0.269 e. The van der Waals surface area contributed by atoms with Crippen molar-refractivity contribution in [3.63, 3.8) is 0 Å². The predicted octanol–water partition coefficient (Wildman–Crippen LogP) is 2.10. The number of hydrogen-bond donors (Lipinski definition) is 2. The minimum atomic E-state index is -0.467. The number of rotatable bonds is 4. The van der Waals surface area contributed by atoms with Crippen LogP contribution in [-0.2, 0) is 4.79 Å². The van der Waals surface area contributed by atoms with Crippen molar-refractivity contribution in [1.29, 1.82) is 0 Å². The largest absolute Gasteiger partial charge is 0.269 e. The highest BCUT2D eigenvalue weighted by Crippen LogP contribution is 2.17. The molecule has 1 aromatic heterocycles. The number of carbonyl (C=O) groups is 2. The molecule has 0 fully saturated rings. The maximum atomic E-state index is 12.1. The fraction of sp³-hybridized carbons (Fsp3) is 0.0556. The molecule has 0 aliphatic heterocycles. The third-order valence-corrected chi connectivity index (χ3v) is 4.07. The van der Waals surface area contributed by atoms with E-state index in [-0.39, 0.29) is 0 Å². The Kier molecular flexibility index (Phi) is 5.58. The van der Waals surface area contributed by atoms with Crippen molar-refractivity contribution >= 4 is 29.5 Å². The lowest BCUT2D eigenvalue weighted by Crippen LogP contribution is -2.40. The first-order valence-electron chi connectivity index (χ1n) is 7.91. The summed E-state index contributed by atoms with van der Waals surface area (Å²) in [6.45, 7) is 1.90. The number of nitrogens with zero attached hydrogens (tertiary/aromatic N) is 4. The summed E-state index contributed by atoms with van der Waals surface area (Å²) in [5.74, 6) is -0.913. The highest BCUT2D eigenvalue weighted by atomic mass is 35.5. The quantitative estimate of drug-likeness (QED) is 0.531. The Bertz CT molecular complexity index is 984. The van der Waals surface area contributed by atoms with Gasteiger partial charge in [-0.1, -0.05) is 23.7 Å². The number of hydrazine groups is 1. The third kappa shape index (κ3) is 4.77. The number of tetrazole rings is 1. The number of benzene rings is 2. The number of aryl methyl sites for hydroxylation is 1. The van der Waals surface area contributed by atoms with Crippen molar-refractivity contribution in [2.75, 3.05) is 0 Å². The molecule has 27 heavy (non-hydrogen) atoms. The topological polar surface area (TPSA) is 102 Å². The van der Waals surface area contributed by atoms with Crippen LogP contribution in [0.2, 0.25) is 5.02 Å².